The first-order valence-corrected chi connectivity index (χ1v) is 10.4. The van der Waals surface area contributed by atoms with Gasteiger partial charge in [-0.2, -0.15) is 0 Å². The summed E-state index contributed by atoms with van der Waals surface area (Å²) in [6.07, 6.45) is -1.11. The van der Waals surface area contributed by atoms with E-state index in [2.05, 4.69) is 0 Å². The van der Waals surface area contributed by atoms with Crippen LogP contribution in [0.5, 0.6) is 0 Å². The highest BCUT2D eigenvalue weighted by Gasteiger charge is 2.51. The van der Waals surface area contributed by atoms with Crippen LogP contribution in [0.15, 0.2) is 91.0 Å². The Balaban J connectivity index is 1.96. The number of ether oxygens (including phenoxy) is 3. The molecule has 0 atom stereocenters. The zero-order chi connectivity index (χ0) is 21.7. The van der Waals surface area contributed by atoms with Crippen molar-refractivity contribution in [3.05, 3.63) is 108 Å². The van der Waals surface area contributed by atoms with E-state index in [0.717, 1.165) is 16.7 Å². The molecule has 1 heterocycles. The van der Waals surface area contributed by atoms with Crippen molar-refractivity contribution in [1.29, 1.82) is 0 Å². The number of ketones is 1. The van der Waals surface area contributed by atoms with Gasteiger partial charge in [0.15, 0.2) is 5.60 Å². The van der Waals surface area contributed by atoms with Gasteiger partial charge >= 0.3 is 6.10 Å². The monoisotopic (exact) mass is 417 g/mol. The lowest BCUT2D eigenvalue weighted by Crippen LogP contribution is -2.57. The predicted octanol–water partition coefficient (Wildman–Crippen LogP) is 4.17. The van der Waals surface area contributed by atoms with Crippen LogP contribution in [0.3, 0.4) is 0 Å². The van der Waals surface area contributed by atoms with Crippen molar-refractivity contribution in [3.8, 4) is 0 Å². The quantitative estimate of drug-likeness (QED) is 0.407. The second-order valence-electron chi connectivity index (χ2n) is 7.52. The number of rotatable bonds is 8. The fourth-order valence-electron chi connectivity index (χ4n) is 4.24. The average molecular weight is 418 g/mol. The molecule has 4 rings (SSSR count). The van der Waals surface area contributed by atoms with E-state index >= 15 is 0 Å². The van der Waals surface area contributed by atoms with E-state index in [4.69, 9.17) is 14.2 Å². The summed E-state index contributed by atoms with van der Waals surface area (Å²) in [6, 6.07) is 30.0. The second kappa shape index (κ2) is 9.12. The van der Waals surface area contributed by atoms with Crippen LogP contribution in [0, 0.1) is 0 Å². The largest absolute Gasteiger partial charge is 0.354 e. The topological polar surface area (TPSA) is 48.0 Å². The number of methoxy groups -OCH3 is 2. The van der Waals surface area contributed by atoms with E-state index in [1.807, 2.05) is 91.0 Å². The van der Waals surface area contributed by atoms with E-state index in [-0.39, 0.29) is 12.3 Å². The van der Waals surface area contributed by atoms with Crippen molar-refractivity contribution in [2.24, 2.45) is 0 Å². The zero-order valence-corrected chi connectivity index (χ0v) is 17.9. The molecule has 3 aromatic rings. The van der Waals surface area contributed by atoms with Crippen molar-refractivity contribution in [3.63, 3.8) is 0 Å². The molecular formula is C26H27NO4. The predicted molar refractivity (Wildman–Crippen MR) is 118 cm³/mol. The second-order valence-corrected chi connectivity index (χ2v) is 7.52. The van der Waals surface area contributed by atoms with Gasteiger partial charge in [0, 0.05) is 27.2 Å². The van der Waals surface area contributed by atoms with Gasteiger partial charge in [-0.25, -0.2) is 4.90 Å². The number of carbonyl (C=O) groups is 1. The minimum absolute atomic E-state index is 0.131. The number of Topliss-reactive ketones (excluding diaryl/α,β-unsaturated/α-hetero) is 1. The summed E-state index contributed by atoms with van der Waals surface area (Å²) in [5, 5.41) is 0. The van der Waals surface area contributed by atoms with E-state index < -0.39 is 11.7 Å². The zero-order valence-electron chi connectivity index (χ0n) is 17.9. The molecule has 0 unspecified atom stereocenters. The molecule has 0 bridgehead atoms. The van der Waals surface area contributed by atoms with Crippen LogP contribution in [0.25, 0.3) is 0 Å². The Kier molecular flexibility index (Phi) is 6.30. The Morgan fingerprint density at radius 2 is 1.13 bits per heavy atom. The van der Waals surface area contributed by atoms with E-state index in [0.29, 0.717) is 13.0 Å². The number of benzene rings is 3. The van der Waals surface area contributed by atoms with Crippen molar-refractivity contribution in [2.45, 2.75) is 18.1 Å². The fraction of sp³-hybridized carbons (Fsp3) is 0.269. The van der Waals surface area contributed by atoms with Gasteiger partial charge in [-0.15, -0.1) is 0 Å². The highest BCUT2D eigenvalue weighted by molar-refractivity contribution is 5.82. The summed E-state index contributed by atoms with van der Waals surface area (Å²) < 4.78 is 18.7. The third kappa shape index (κ3) is 3.93. The van der Waals surface area contributed by atoms with Crippen LogP contribution in [-0.4, -0.2) is 44.1 Å². The molecule has 0 aliphatic carbocycles. The van der Waals surface area contributed by atoms with Crippen molar-refractivity contribution in [1.82, 2.24) is 4.90 Å². The summed E-state index contributed by atoms with van der Waals surface area (Å²) >= 11 is 0. The maximum absolute atomic E-state index is 12.1. The van der Waals surface area contributed by atoms with Crippen LogP contribution in [0.4, 0.5) is 0 Å². The molecule has 160 valence electrons. The van der Waals surface area contributed by atoms with Gasteiger partial charge in [0.1, 0.15) is 5.78 Å². The SMILES string of the molecule is COC(OC)(OC(c1ccccc1)(c1ccccc1)c1ccccc1)N1CCC(=O)C1. The molecule has 0 amide bonds. The van der Waals surface area contributed by atoms with Crippen LogP contribution in [0.1, 0.15) is 23.1 Å². The Morgan fingerprint density at radius 3 is 1.45 bits per heavy atom. The Hall–Kier alpha value is -2.83. The summed E-state index contributed by atoms with van der Waals surface area (Å²) in [5.74, 6) is 0.131. The van der Waals surface area contributed by atoms with Crippen LogP contribution >= 0.6 is 0 Å². The minimum Gasteiger partial charge on any atom is -0.317 e. The molecule has 0 aromatic heterocycles. The maximum Gasteiger partial charge on any atom is 0.354 e. The molecule has 0 N–H and O–H groups in total. The minimum atomic E-state index is -1.55. The van der Waals surface area contributed by atoms with Gasteiger partial charge < -0.3 is 9.47 Å². The van der Waals surface area contributed by atoms with Crippen LogP contribution in [-0.2, 0) is 24.6 Å². The van der Waals surface area contributed by atoms with Crippen molar-refractivity contribution >= 4 is 5.78 Å². The molecule has 5 nitrogen and oxygen atoms in total. The molecule has 0 saturated carbocycles. The number of likely N-dealkylation sites (tertiary alicyclic amines) is 1. The first kappa shape index (κ1) is 21.4. The van der Waals surface area contributed by atoms with Gasteiger partial charge in [0.25, 0.3) is 0 Å². The van der Waals surface area contributed by atoms with Gasteiger partial charge in [-0.1, -0.05) is 91.0 Å². The Bertz CT molecular complexity index is 891. The molecule has 0 spiro atoms. The Labute approximate surface area is 183 Å². The maximum atomic E-state index is 12.1. The van der Waals surface area contributed by atoms with E-state index in [1.165, 1.54) is 14.2 Å². The molecule has 1 aliphatic rings. The molecule has 31 heavy (non-hydrogen) atoms. The lowest BCUT2D eigenvalue weighted by Gasteiger charge is -2.46. The smallest absolute Gasteiger partial charge is 0.317 e. The molecule has 1 fully saturated rings. The normalized spacial score (nSPS) is 15.4. The van der Waals surface area contributed by atoms with Gasteiger partial charge in [0.05, 0.1) is 6.54 Å². The average Bonchev–Trinajstić information content (AvgIpc) is 3.29. The summed E-state index contributed by atoms with van der Waals surface area (Å²) in [7, 11) is 3.08. The van der Waals surface area contributed by atoms with Crippen LogP contribution < -0.4 is 0 Å². The molecule has 1 saturated heterocycles. The van der Waals surface area contributed by atoms with E-state index in [9.17, 15) is 4.79 Å². The van der Waals surface area contributed by atoms with E-state index in [1.54, 1.807) is 4.90 Å². The van der Waals surface area contributed by atoms with Gasteiger partial charge in [0.2, 0.25) is 0 Å². The third-order valence-corrected chi connectivity index (χ3v) is 5.75. The number of hydrogen-bond donors (Lipinski definition) is 0. The Morgan fingerprint density at radius 1 is 0.710 bits per heavy atom. The molecular weight excluding hydrogens is 390 g/mol. The lowest BCUT2D eigenvalue weighted by molar-refractivity contribution is -0.449. The number of nitrogens with zero attached hydrogens (tertiary/aromatic N) is 1. The molecule has 3 aromatic carbocycles. The fourth-order valence-corrected chi connectivity index (χ4v) is 4.24. The van der Waals surface area contributed by atoms with Crippen LogP contribution in [0.2, 0.25) is 0 Å². The molecule has 5 heteroatoms. The number of hydrogen-bond acceptors (Lipinski definition) is 5. The number of carbonyl (C=O) groups excluding carboxylic acids is 1. The molecule has 1 aliphatic heterocycles. The third-order valence-electron chi connectivity index (χ3n) is 5.75. The van der Waals surface area contributed by atoms with Crippen molar-refractivity contribution in [2.75, 3.05) is 27.3 Å². The molecule has 0 radical (unpaired) electrons. The first-order valence-electron chi connectivity index (χ1n) is 10.4. The standard InChI is InChI=1S/C26H27NO4/c1-29-26(30-2,27-19-18-24(28)20-27)31-25(21-12-6-3-7-13-21,22-14-8-4-9-15-22)23-16-10-5-11-17-23/h3-17H,18-20H2,1-2H3. The van der Waals surface area contributed by atoms with Gasteiger partial charge in [-0.3, -0.25) is 9.53 Å². The summed E-state index contributed by atoms with van der Waals surface area (Å²) in [6.45, 7) is 0.699. The lowest BCUT2D eigenvalue weighted by atomic mass is 9.80. The van der Waals surface area contributed by atoms with Crippen molar-refractivity contribution < 1.29 is 19.0 Å². The van der Waals surface area contributed by atoms with Gasteiger partial charge in [-0.05, 0) is 16.7 Å². The highest BCUT2D eigenvalue weighted by atomic mass is 16.9. The summed E-state index contributed by atoms with van der Waals surface area (Å²) in [4.78, 5) is 13.9. The highest BCUT2D eigenvalue weighted by Crippen LogP contribution is 2.44. The first-order chi connectivity index (χ1) is 15.1. The summed E-state index contributed by atoms with van der Waals surface area (Å²) in [5.41, 5.74) is 1.74.